The van der Waals surface area contributed by atoms with Crippen LogP contribution >= 0.6 is 0 Å². The molecule has 0 bridgehead atoms. The molecule has 5 heteroatoms. The van der Waals surface area contributed by atoms with E-state index >= 15 is 0 Å². The summed E-state index contributed by atoms with van der Waals surface area (Å²) in [5.74, 6) is -0.0364. The second-order valence-electron chi connectivity index (χ2n) is 6.01. The van der Waals surface area contributed by atoms with Gasteiger partial charge in [-0.3, -0.25) is 4.79 Å². The van der Waals surface area contributed by atoms with Crippen LogP contribution < -0.4 is 4.90 Å². The van der Waals surface area contributed by atoms with E-state index in [1.54, 1.807) is 19.1 Å². The molecule has 1 heterocycles. The Morgan fingerprint density at radius 1 is 1.04 bits per heavy atom. The van der Waals surface area contributed by atoms with Gasteiger partial charge in [0, 0.05) is 32.0 Å². The van der Waals surface area contributed by atoms with Gasteiger partial charge in [0.2, 0.25) is 0 Å². The number of carbonyl (C=O) groups is 1. The lowest BCUT2D eigenvalue weighted by atomic mass is 10.00. The number of hydrogen-bond acceptors (Lipinski definition) is 4. The average molecular weight is 341 g/mol. The van der Waals surface area contributed by atoms with Crippen LogP contribution in [0.15, 0.2) is 42.5 Å². The molecular formula is C20H23NO4. The first-order valence-electron chi connectivity index (χ1n) is 8.31. The molecule has 0 spiro atoms. The first-order chi connectivity index (χ1) is 12.2. The predicted octanol–water partition coefficient (Wildman–Crippen LogP) is 3.01. The summed E-state index contributed by atoms with van der Waals surface area (Å²) in [6.07, 6.45) is 0. The quantitative estimate of drug-likeness (QED) is 0.810. The molecule has 1 amide bonds. The number of methoxy groups -OCH3 is 2. The standard InChI is InChI=1S/C20H23NO4/c1-23-9-8-21-19-7-6-17(11-18(19)13-25-14-20(21)22)16-5-3-4-15(10-16)12-24-2/h3-7,10-11H,8-9,12-14H2,1-2H3. The maximum Gasteiger partial charge on any atom is 0.253 e. The van der Waals surface area contributed by atoms with Crippen molar-refractivity contribution in [1.82, 2.24) is 0 Å². The smallest absolute Gasteiger partial charge is 0.253 e. The number of benzene rings is 2. The zero-order valence-corrected chi connectivity index (χ0v) is 14.7. The Labute approximate surface area is 148 Å². The van der Waals surface area contributed by atoms with E-state index in [2.05, 4.69) is 18.2 Å². The maximum absolute atomic E-state index is 12.3. The van der Waals surface area contributed by atoms with Gasteiger partial charge in [-0.25, -0.2) is 0 Å². The Morgan fingerprint density at radius 3 is 2.68 bits per heavy atom. The highest BCUT2D eigenvalue weighted by atomic mass is 16.5. The molecule has 0 atom stereocenters. The number of anilines is 1. The molecule has 0 unspecified atom stereocenters. The topological polar surface area (TPSA) is 48.0 Å². The van der Waals surface area contributed by atoms with Crippen molar-refractivity contribution in [1.29, 1.82) is 0 Å². The first kappa shape index (κ1) is 17.6. The Hall–Kier alpha value is -2.21. The maximum atomic E-state index is 12.3. The molecule has 25 heavy (non-hydrogen) atoms. The fourth-order valence-electron chi connectivity index (χ4n) is 3.04. The highest BCUT2D eigenvalue weighted by Crippen LogP contribution is 2.30. The van der Waals surface area contributed by atoms with Gasteiger partial charge < -0.3 is 19.1 Å². The van der Waals surface area contributed by atoms with Gasteiger partial charge in [-0.05, 0) is 34.9 Å². The largest absolute Gasteiger partial charge is 0.383 e. The van der Waals surface area contributed by atoms with E-state index in [9.17, 15) is 4.79 Å². The molecule has 2 aromatic rings. The monoisotopic (exact) mass is 341 g/mol. The van der Waals surface area contributed by atoms with E-state index in [1.165, 1.54) is 0 Å². The molecular weight excluding hydrogens is 318 g/mol. The second-order valence-corrected chi connectivity index (χ2v) is 6.01. The normalized spacial score (nSPS) is 14.3. The highest BCUT2D eigenvalue weighted by molar-refractivity contribution is 5.96. The molecule has 0 saturated carbocycles. The van der Waals surface area contributed by atoms with Gasteiger partial charge >= 0.3 is 0 Å². The van der Waals surface area contributed by atoms with Crippen molar-refractivity contribution < 1.29 is 19.0 Å². The Bertz CT molecular complexity index is 744. The van der Waals surface area contributed by atoms with Crippen LogP contribution in [-0.4, -0.2) is 39.9 Å². The molecule has 0 N–H and O–H groups in total. The van der Waals surface area contributed by atoms with Crippen molar-refractivity contribution >= 4 is 11.6 Å². The van der Waals surface area contributed by atoms with Crippen molar-refractivity contribution in [3.05, 3.63) is 53.6 Å². The van der Waals surface area contributed by atoms with E-state index in [1.807, 2.05) is 24.3 Å². The van der Waals surface area contributed by atoms with Gasteiger partial charge in [0.25, 0.3) is 5.91 Å². The van der Waals surface area contributed by atoms with Crippen LogP contribution in [0, 0.1) is 0 Å². The molecule has 0 saturated heterocycles. The SMILES string of the molecule is COCCN1C(=O)COCc2cc(-c3cccc(COC)c3)ccc21. The minimum absolute atomic E-state index is 0.0364. The van der Waals surface area contributed by atoms with Gasteiger partial charge in [-0.2, -0.15) is 0 Å². The van der Waals surface area contributed by atoms with Crippen LogP contribution in [0.3, 0.4) is 0 Å². The number of fused-ring (bicyclic) bond motifs is 1. The van der Waals surface area contributed by atoms with Crippen LogP contribution in [-0.2, 0) is 32.2 Å². The molecule has 2 aromatic carbocycles. The third kappa shape index (κ3) is 4.07. The number of rotatable bonds is 6. The number of nitrogens with zero attached hydrogens (tertiary/aromatic N) is 1. The van der Waals surface area contributed by atoms with E-state index in [-0.39, 0.29) is 12.5 Å². The second kappa shape index (κ2) is 8.25. The molecule has 1 aliphatic rings. The van der Waals surface area contributed by atoms with Crippen molar-refractivity contribution in [2.45, 2.75) is 13.2 Å². The van der Waals surface area contributed by atoms with Crippen LogP contribution in [0.1, 0.15) is 11.1 Å². The molecule has 3 rings (SSSR count). The summed E-state index contributed by atoms with van der Waals surface area (Å²) < 4.78 is 15.9. The minimum atomic E-state index is -0.0364. The third-order valence-electron chi connectivity index (χ3n) is 4.24. The molecule has 5 nitrogen and oxygen atoms in total. The van der Waals surface area contributed by atoms with Crippen molar-refractivity contribution in [3.8, 4) is 11.1 Å². The summed E-state index contributed by atoms with van der Waals surface area (Å²) in [6, 6.07) is 14.4. The summed E-state index contributed by atoms with van der Waals surface area (Å²) in [5, 5.41) is 0. The lowest BCUT2D eigenvalue weighted by Gasteiger charge is -2.22. The average Bonchev–Trinajstić information content (AvgIpc) is 2.78. The van der Waals surface area contributed by atoms with Gasteiger partial charge in [-0.15, -0.1) is 0 Å². The Morgan fingerprint density at radius 2 is 1.88 bits per heavy atom. The molecule has 1 aliphatic heterocycles. The zero-order chi connectivity index (χ0) is 17.6. The lowest BCUT2D eigenvalue weighted by Crippen LogP contribution is -2.35. The van der Waals surface area contributed by atoms with Crippen LogP contribution in [0.4, 0.5) is 5.69 Å². The summed E-state index contributed by atoms with van der Waals surface area (Å²) in [5.41, 5.74) is 5.26. The molecule has 0 aromatic heterocycles. The first-order valence-corrected chi connectivity index (χ1v) is 8.31. The number of hydrogen-bond donors (Lipinski definition) is 0. The number of ether oxygens (including phenoxy) is 3. The number of amides is 1. The summed E-state index contributed by atoms with van der Waals surface area (Å²) >= 11 is 0. The summed E-state index contributed by atoms with van der Waals surface area (Å²) in [6.45, 7) is 2.12. The lowest BCUT2D eigenvalue weighted by molar-refractivity contribution is -0.123. The molecule has 0 aliphatic carbocycles. The van der Waals surface area contributed by atoms with Crippen molar-refractivity contribution in [2.75, 3.05) is 38.9 Å². The van der Waals surface area contributed by atoms with Crippen LogP contribution in [0.2, 0.25) is 0 Å². The van der Waals surface area contributed by atoms with Crippen LogP contribution in [0.25, 0.3) is 11.1 Å². The Kier molecular flexibility index (Phi) is 5.81. The summed E-state index contributed by atoms with van der Waals surface area (Å²) in [7, 11) is 3.33. The highest BCUT2D eigenvalue weighted by Gasteiger charge is 2.22. The van der Waals surface area contributed by atoms with E-state index in [0.717, 1.165) is 27.9 Å². The van der Waals surface area contributed by atoms with Crippen LogP contribution in [0.5, 0.6) is 0 Å². The number of carbonyl (C=O) groups excluding carboxylic acids is 1. The van der Waals surface area contributed by atoms with E-state index < -0.39 is 0 Å². The van der Waals surface area contributed by atoms with E-state index in [0.29, 0.717) is 26.4 Å². The van der Waals surface area contributed by atoms with Gasteiger partial charge in [-0.1, -0.05) is 24.3 Å². The van der Waals surface area contributed by atoms with Crippen molar-refractivity contribution in [3.63, 3.8) is 0 Å². The van der Waals surface area contributed by atoms with Crippen molar-refractivity contribution in [2.24, 2.45) is 0 Å². The van der Waals surface area contributed by atoms with E-state index in [4.69, 9.17) is 14.2 Å². The Balaban J connectivity index is 1.94. The molecule has 132 valence electrons. The van der Waals surface area contributed by atoms with Gasteiger partial charge in [0.05, 0.1) is 19.8 Å². The fraction of sp³-hybridized carbons (Fsp3) is 0.350. The van der Waals surface area contributed by atoms with Gasteiger partial charge in [0.1, 0.15) is 6.61 Å². The predicted molar refractivity (Wildman–Crippen MR) is 96.5 cm³/mol. The fourth-order valence-corrected chi connectivity index (χ4v) is 3.04. The molecule has 0 fully saturated rings. The summed E-state index contributed by atoms with van der Waals surface area (Å²) in [4.78, 5) is 14.0. The van der Waals surface area contributed by atoms with Gasteiger partial charge in [0.15, 0.2) is 0 Å². The molecule has 0 radical (unpaired) electrons. The third-order valence-corrected chi connectivity index (χ3v) is 4.24. The zero-order valence-electron chi connectivity index (χ0n) is 14.7. The minimum Gasteiger partial charge on any atom is -0.383 e.